The fraction of sp³-hybridized carbons (Fsp3) is 0.455. The second-order valence-electron chi connectivity index (χ2n) is 4.23. The second-order valence-corrected chi connectivity index (χ2v) is 4.23. The van der Waals surface area contributed by atoms with E-state index in [2.05, 4.69) is 0 Å². The van der Waals surface area contributed by atoms with Crippen molar-refractivity contribution in [3.8, 4) is 0 Å². The number of hydrogen-bond donors (Lipinski definition) is 0. The molecule has 1 aliphatic rings. The normalized spacial score (nSPS) is 36.5. The van der Waals surface area contributed by atoms with Crippen LogP contribution in [0.1, 0.15) is 19.6 Å². The molecule has 3 nitrogen and oxygen atoms in total. The third-order valence-electron chi connectivity index (χ3n) is 2.78. The second kappa shape index (κ2) is 3.87. The Balaban J connectivity index is 2.06. The van der Waals surface area contributed by atoms with Crippen LogP contribution >= 0.6 is 0 Å². The van der Waals surface area contributed by atoms with Crippen LogP contribution in [0, 0.1) is 0 Å². The van der Waals surface area contributed by atoms with E-state index in [-0.39, 0.29) is 12.2 Å². The van der Waals surface area contributed by atoms with Gasteiger partial charge in [-0.25, -0.2) is 0 Å². The molecule has 1 aliphatic heterocycles. The number of rotatable bonds is 2. The van der Waals surface area contributed by atoms with Crippen molar-refractivity contribution in [3.05, 3.63) is 30.1 Å². The lowest BCUT2D eigenvalue weighted by molar-refractivity contribution is 0.187. The first kappa shape index (κ1) is 10.5. The first-order valence-corrected chi connectivity index (χ1v) is 5.36. The van der Waals surface area contributed by atoms with Gasteiger partial charge in [-0.2, -0.15) is 5.98 Å². The van der Waals surface area contributed by atoms with Gasteiger partial charge in [0.05, 0.1) is 6.26 Å². The zero-order chi connectivity index (χ0) is 10.9. The summed E-state index contributed by atoms with van der Waals surface area (Å²) in [6.07, 6.45) is 3.84. The smallest absolute Gasteiger partial charge is 0.260 e. The molecule has 2 unspecified atom stereocenters. The summed E-state index contributed by atoms with van der Waals surface area (Å²) in [7, 11) is 0. The van der Waals surface area contributed by atoms with E-state index >= 15 is 0 Å². The van der Waals surface area contributed by atoms with Gasteiger partial charge >= 0.3 is 0 Å². The molecule has 0 N–H and O–H groups in total. The highest BCUT2D eigenvalue weighted by Gasteiger charge is 2.31. The molecular formula is C11H16BO3-. The highest BCUT2D eigenvalue weighted by Crippen LogP contribution is 2.26. The summed E-state index contributed by atoms with van der Waals surface area (Å²) in [5.74, 6) is 2.76. The molecule has 2 heterocycles. The van der Waals surface area contributed by atoms with E-state index in [4.69, 9.17) is 13.7 Å². The highest BCUT2D eigenvalue weighted by atomic mass is 16.7. The molecule has 4 heteroatoms. The van der Waals surface area contributed by atoms with Crippen LogP contribution in [0.4, 0.5) is 0 Å². The summed E-state index contributed by atoms with van der Waals surface area (Å²) >= 11 is 0. The van der Waals surface area contributed by atoms with Gasteiger partial charge in [0.15, 0.2) is 0 Å². The van der Waals surface area contributed by atoms with Crippen LogP contribution in [0.25, 0.3) is 6.08 Å². The molecule has 1 aromatic heterocycles. The molecule has 1 fully saturated rings. The fourth-order valence-electron chi connectivity index (χ4n) is 1.85. The molecule has 0 radical (unpaired) electrons. The predicted molar refractivity (Wildman–Crippen MR) is 60.5 cm³/mol. The van der Waals surface area contributed by atoms with E-state index in [0.717, 1.165) is 5.76 Å². The van der Waals surface area contributed by atoms with Crippen LogP contribution in [0.15, 0.2) is 28.8 Å². The van der Waals surface area contributed by atoms with Crippen LogP contribution in [-0.4, -0.2) is 18.8 Å². The molecule has 1 aromatic rings. The van der Waals surface area contributed by atoms with Crippen LogP contribution in [0.2, 0.25) is 6.82 Å². The lowest BCUT2D eigenvalue weighted by Gasteiger charge is -2.26. The molecule has 0 aliphatic carbocycles. The standard InChI is InChI=1S/C11H16BO3/c1-9-10(2)15-12(3,14-9)7-6-11-5-4-8-13-11/h4-10H,1-3H3/q-1/b7-6+. The van der Waals surface area contributed by atoms with E-state index in [1.165, 1.54) is 0 Å². The van der Waals surface area contributed by atoms with Gasteiger partial charge in [-0.1, -0.05) is 6.08 Å². The van der Waals surface area contributed by atoms with Gasteiger partial charge in [-0.15, -0.1) is 6.82 Å². The maximum absolute atomic E-state index is 5.77. The van der Waals surface area contributed by atoms with Gasteiger partial charge in [0.25, 0.3) is 6.55 Å². The third kappa shape index (κ3) is 2.33. The molecule has 2 rings (SSSR count). The summed E-state index contributed by atoms with van der Waals surface area (Å²) in [4.78, 5) is 0. The topological polar surface area (TPSA) is 31.6 Å². The van der Waals surface area contributed by atoms with Gasteiger partial charge < -0.3 is 13.7 Å². The van der Waals surface area contributed by atoms with E-state index in [1.807, 2.05) is 44.9 Å². The third-order valence-corrected chi connectivity index (χ3v) is 2.78. The molecule has 1 saturated heterocycles. The van der Waals surface area contributed by atoms with Gasteiger partial charge in [0, 0.05) is 12.2 Å². The molecule has 0 saturated carbocycles. The van der Waals surface area contributed by atoms with Crippen molar-refractivity contribution in [3.63, 3.8) is 0 Å². The van der Waals surface area contributed by atoms with Gasteiger partial charge in [0.1, 0.15) is 5.76 Å². The van der Waals surface area contributed by atoms with Crippen molar-refractivity contribution in [1.29, 1.82) is 0 Å². The molecule has 0 spiro atoms. The average molecular weight is 207 g/mol. The summed E-state index contributed by atoms with van der Waals surface area (Å²) < 4.78 is 16.7. The largest absolute Gasteiger partial charge is 0.561 e. The monoisotopic (exact) mass is 207 g/mol. The summed E-state index contributed by atoms with van der Waals surface area (Å²) in [5.41, 5.74) is 0. The Bertz CT molecular complexity index is 335. The van der Waals surface area contributed by atoms with Gasteiger partial charge in [-0.05, 0) is 26.0 Å². The van der Waals surface area contributed by atoms with Crippen LogP contribution in [-0.2, 0) is 9.31 Å². The van der Waals surface area contributed by atoms with Gasteiger partial charge in [-0.3, -0.25) is 0 Å². The van der Waals surface area contributed by atoms with E-state index in [9.17, 15) is 0 Å². The zero-order valence-corrected chi connectivity index (χ0v) is 9.34. The Kier molecular flexibility index (Phi) is 2.71. The SMILES string of the molecule is CC1O[B-](C)(/C=C/c2ccco2)OC1C. The fourth-order valence-corrected chi connectivity index (χ4v) is 1.85. The summed E-state index contributed by atoms with van der Waals surface area (Å²) in [6.45, 7) is 4.73. The molecular weight excluding hydrogens is 191 g/mol. The number of furan rings is 1. The lowest BCUT2D eigenvalue weighted by Crippen LogP contribution is -2.30. The molecule has 0 aromatic carbocycles. The van der Waals surface area contributed by atoms with Crippen molar-refractivity contribution < 1.29 is 13.7 Å². The Morgan fingerprint density at radius 3 is 2.47 bits per heavy atom. The molecule has 0 amide bonds. The minimum Gasteiger partial charge on any atom is -0.561 e. The maximum Gasteiger partial charge on any atom is 0.260 e. The summed E-state index contributed by atoms with van der Waals surface area (Å²) in [5, 5.41) is 0. The molecule has 2 atom stereocenters. The van der Waals surface area contributed by atoms with Crippen molar-refractivity contribution in [2.45, 2.75) is 32.9 Å². The van der Waals surface area contributed by atoms with Crippen molar-refractivity contribution in [2.75, 3.05) is 0 Å². The van der Waals surface area contributed by atoms with Crippen LogP contribution < -0.4 is 0 Å². The molecule has 82 valence electrons. The quantitative estimate of drug-likeness (QED) is 0.698. The van der Waals surface area contributed by atoms with Crippen molar-refractivity contribution in [2.24, 2.45) is 0 Å². The maximum atomic E-state index is 5.77. The Morgan fingerprint density at radius 2 is 1.93 bits per heavy atom. The minimum atomic E-state index is -1.30. The zero-order valence-electron chi connectivity index (χ0n) is 9.34. The summed E-state index contributed by atoms with van der Waals surface area (Å²) in [6, 6.07) is 3.76. The van der Waals surface area contributed by atoms with Crippen molar-refractivity contribution >= 4 is 12.6 Å². The number of hydrogen-bond acceptors (Lipinski definition) is 3. The van der Waals surface area contributed by atoms with Crippen LogP contribution in [0.3, 0.4) is 0 Å². The predicted octanol–water partition coefficient (Wildman–Crippen LogP) is 2.73. The van der Waals surface area contributed by atoms with E-state index in [0.29, 0.717) is 0 Å². The minimum absolute atomic E-state index is 0.149. The Labute approximate surface area is 90.0 Å². The molecule has 15 heavy (non-hydrogen) atoms. The van der Waals surface area contributed by atoms with Gasteiger partial charge in [0.2, 0.25) is 0 Å². The highest BCUT2D eigenvalue weighted by molar-refractivity contribution is 6.72. The lowest BCUT2D eigenvalue weighted by atomic mass is 9.60. The Hall–Kier alpha value is -0.995. The first-order chi connectivity index (χ1) is 7.09. The average Bonchev–Trinajstić information content (AvgIpc) is 2.74. The Morgan fingerprint density at radius 1 is 1.27 bits per heavy atom. The van der Waals surface area contributed by atoms with Crippen LogP contribution in [0.5, 0.6) is 0 Å². The van der Waals surface area contributed by atoms with E-state index < -0.39 is 6.55 Å². The van der Waals surface area contributed by atoms with Crippen molar-refractivity contribution in [1.82, 2.24) is 0 Å². The van der Waals surface area contributed by atoms with E-state index in [1.54, 1.807) is 6.26 Å². The molecule has 0 bridgehead atoms. The first-order valence-electron chi connectivity index (χ1n) is 5.36.